The normalized spacial score (nSPS) is 9.65. The van der Waals surface area contributed by atoms with Crippen molar-refractivity contribution < 1.29 is 14.2 Å². The molecule has 2 aromatic heterocycles. The first kappa shape index (κ1) is 22.7. The Bertz CT molecular complexity index is 1150. The van der Waals surface area contributed by atoms with E-state index >= 15 is 0 Å². The highest BCUT2D eigenvalue weighted by Gasteiger charge is 2.14. The molecule has 0 fully saturated rings. The van der Waals surface area contributed by atoms with E-state index in [2.05, 4.69) is 25.3 Å². The SMILES string of the molecule is Cc1ncn(-c2ccccc2[N+](=O)[O-])n1.Cc1ncn[nH]1.O=[N+]([O-])c1ccccc1F. The highest BCUT2D eigenvalue weighted by Crippen LogP contribution is 2.20. The number of nitrogens with zero attached hydrogens (tertiary/aromatic N) is 7. The van der Waals surface area contributed by atoms with Gasteiger partial charge in [0.15, 0.2) is 0 Å². The lowest BCUT2D eigenvalue weighted by Crippen LogP contribution is -2.00. The zero-order valence-corrected chi connectivity index (χ0v) is 16.4. The number of rotatable bonds is 3. The van der Waals surface area contributed by atoms with Crippen LogP contribution < -0.4 is 0 Å². The number of nitrogens with one attached hydrogen (secondary N) is 1. The molecule has 2 aromatic carbocycles. The predicted molar refractivity (Wildman–Crippen MR) is 107 cm³/mol. The van der Waals surface area contributed by atoms with Crippen molar-refractivity contribution in [2.75, 3.05) is 0 Å². The Morgan fingerprint density at radius 3 is 1.97 bits per heavy atom. The van der Waals surface area contributed by atoms with Gasteiger partial charge in [0, 0.05) is 12.1 Å². The summed E-state index contributed by atoms with van der Waals surface area (Å²) < 4.78 is 13.8. The summed E-state index contributed by atoms with van der Waals surface area (Å²) in [6, 6.07) is 11.4. The molecule has 13 heteroatoms. The second kappa shape index (κ2) is 10.8. The molecule has 0 aliphatic rings. The molecule has 0 radical (unpaired) electrons. The Hall–Kier alpha value is -4.55. The zero-order chi connectivity index (χ0) is 22.8. The Kier molecular flexibility index (Phi) is 7.96. The highest BCUT2D eigenvalue weighted by molar-refractivity contribution is 5.51. The van der Waals surface area contributed by atoms with E-state index in [1.165, 1.54) is 35.5 Å². The van der Waals surface area contributed by atoms with E-state index in [-0.39, 0.29) is 5.69 Å². The number of hydrogen-bond donors (Lipinski definition) is 1. The number of nitro groups is 2. The van der Waals surface area contributed by atoms with Crippen LogP contribution in [-0.2, 0) is 0 Å². The fourth-order valence-corrected chi connectivity index (χ4v) is 2.14. The summed E-state index contributed by atoms with van der Waals surface area (Å²) in [6.45, 7) is 3.58. The molecule has 0 saturated heterocycles. The maximum absolute atomic E-state index is 12.4. The zero-order valence-electron chi connectivity index (χ0n) is 16.4. The second-order valence-corrected chi connectivity index (χ2v) is 5.76. The molecule has 1 N–H and O–H groups in total. The van der Waals surface area contributed by atoms with Crippen LogP contribution in [0.5, 0.6) is 0 Å². The van der Waals surface area contributed by atoms with Crippen LogP contribution in [0.2, 0.25) is 0 Å². The molecule has 4 rings (SSSR count). The van der Waals surface area contributed by atoms with E-state index in [0.29, 0.717) is 11.5 Å². The molecule has 0 spiro atoms. The average Bonchev–Trinajstić information content (AvgIpc) is 3.40. The minimum absolute atomic E-state index is 0.0161. The third kappa shape index (κ3) is 6.77. The third-order valence-electron chi connectivity index (χ3n) is 3.52. The monoisotopic (exact) mass is 428 g/mol. The van der Waals surface area contributed by atoms with Gasteiger partial charge in [-0.05, 0) is 26.0 Å². The number of benzene rings is 2. The number of aryl methyl sites for hydroxylation is 2. The molecule has 0 aliphatic carbocycles. The molecular weight excluding hydrogens is 411 g/mol. The van der Waals surface area contributed by atoms with Gasteiger partial charge in [-0.1, -0.05) is 24.3 Å². The lowest BCUT2D eigenvalue weighted by Gasteiger charge is -2.00. The third-order valence-corrected chi connectivity index (χ3v) is 3.52. The van der Waals surface area contributed by atoms with E-state index < -0.39 is 21.4 Å². The van der Waals surface area contributed by atoms with Crippen LogP contribution in [-0.4, -0.2) is 39.8 Å². The fourth-order valence-electron chi connectivity index (χ4n) is 2.14. The Balaban J connectivity index is 0.000000183. The minimum Gasteiger partial charge on any atom is -0.264 e. The van der Waals surface area contributed by atoms with Crippen LogP contribution in [0.3, 0.4) is 0 Å². The topological polar surface area (TPSA) is 159 Å². The minimum atomic E-state index is -0.799. The molecule has 31 heavy (non-hydrogen) atoms. The van der Waals surface area contributed by atoms with Gasteiger partial charge in [0.25, 0.3) is 5.69 Å². The average molecular weight is 428 g/mol. The molecule has 0 bridgehead atoms. The van der Waals surface area contributed by atoms with Gasteiger partial charge in [0.05, 0.1) is 9.85 Å². The quantitative estimate of drug-likeness (QED) is 0.384. The maximum Gasteiger partial charge on any atom is 0.304 e. The fraction of sp³-hybridized carbons (Fsp3) is 0.111. The first-order valence-corrected chi connectivity index (χ1v) is 8.62. The van der Waals surface area contributed by atoms with Gasteiger partial charge >= 0.3 is 5.69 Å². The van der Waals surface area contributed by atoms with Gasteiger partial charge < -0.3 is 0 Å². The molecule has 0 unspecified atom stereocenters. The van der Waals surface area contributed by atoms with Gasteiger partial charge in [-0.3, -0.25) is 25.3 Å². The van der Waals surface area contributed by atoms with E-state index in [4.69, 9.17) is 0 Å². The molecule has 0 atom stereocenters. The summed E-state index contributed by atoms with van der Waals surface area (Å²) in [7, 11) is 0. The van der Waals surface area contributed by atoms with Gasteiger partial charge in [-0.25, -0.2) is 14.6 Å². The van der Waals surface area contributed by atoms with Crippen LogP contribution >= 0.6 is 0 Å². The summed E-state index contributed by atoms with van der Waals surface area (Å²) in [4.78, 5) is 27.2. The van der Waals surface area contributed by atoms with E-state index in [1.807, 2.05) is 6.92 Å². The molecule has 4 aromatic rings. The number of aromatic nitrogens is 6. The van der Waals surface area contributed by atoms with Crippen molar-refractivity contribution in [2.24, 2.45) is 0 Å². The van der Waals surface area contributed by atoms with Crippen molar-refractivity contribution in [1.29, 1.82) is 0 Å². The number of hydrogen-bond acceptors (Lipinski definition) is 8. The molecule has 0 aliphatic heterocycles. The number of para-hydroxylation sites is 3. The molecule has 2 heterocycles. The number of H-pyrrole nitrogens is 1. The van der Waals surface area contributed by atoms with Gasteiger partial charge in [-0.2, -0.15) is 14.6 Å². The van der Waals surface area contributed by atoms with Crippen molar-refractivity contribution in [1.82, 2.24) is 29.9 Å². The van der Waals surface area contributed by atoms with Crippen LogP contribution in [0, 0.1) is 39.9 Å². The number of nitro benzene ring substituents is 2. The molecular formula is C18H17FN8O4. The first-order valence-electron chi connectivity index (χ1n) is 8.62. The lowest BCUT2D eigenvalue weighted by atomic mass is 10.3. The van der Waals surface area contributed by atoms with E-state index in [0.717, 1.165) is 18.0 Å². The predicted octanol–water partition coefficient (Wildman–Crippen LogP) is 3.33. The van der Waals surface area contributed by atoms with Crippen molar-refractivity contribution in [3.05, 3.63) is 98.9 Å². The first-order chi connectivity index (χ1) is 14.8. The summed E-state index contributed by atoms with van der Waals surface area (Å²) in [5, 5.41) is 31.0. The van der Waals surface area contributed by atoms with Gasteiger partial charge in [0.2, 0.25) is 5.82 Å². The number of aromatic amines is 1. The van der Waals surface area contributed by atoms with Crippen molar-refractivity contribution in [3.63, 3.8) is 0 Å². The second-order valence-electron chi connectivity index (χ2n) is 5.76. The molecule has 0 amide bonds. The van der Waals surface area contributed by atoms with Crippen molar-refractivity contribution in [3.8, 4) is 5.69 Å². The number of halogens is 1. The summed E-state index contributed by atoms with van der Waals surface area (Å²) >= 11 is 0. The highest BCUT2D eigenvalue weighted by atomic mass is 19.1. The smallest absolute Gasteiger partial charge is 0.264 e. The Labute approximate surface area is 174 Å². The largest absolute Gasteiger partial charge is 0.304 e. The molecule has 0 saturated carbocycles. The van der Waals surface area contributed by atoms with Crippen molar-refractivity contribution >= 4 is 11.4 Å². The lowest BCUT2D eigenvalue weighted by molar-refractivity contribution is -0.387. The van der Waals surface area contributed by atoms with E-state index in [9.17, 15) is 24.6 Å². The molecule has 160 valence electrons. The van der Waals surface area contributed by atoms with Crippen LogP contribution in [0.15, 0.2) is 61.2 Å². The maximum atomic E-state index is 12.4. The molecule has 12 nitrogen and oxygen atoms in total. The Morgan fingerprint density at radius 2 is 1.55 bits per heavy atom. The van der Waals surface area contributed by atoms with Gasteiger partial charge in [-0.15, -0.1) is 0 Å². The van der Waals surface area contributed by atoms with Crippen LogP contribution in [0.4, 0.5) is 15.8 Å². The van der Waals surface area contributed by atoms with E-state index in [1.54, 1.807) is 25.1 Å². The van der Waals surface area contributed by atoms with Crippen molar-refractivity contribution in [2.45, 2.75) is 13.8 Å². The van der Waals surface area contributed by atoms with Gasteiger partial charge in [0.1, 0.15) is 30.0 Å². The summed E-state index contributed by atoms with van der Waals surface area (Å²) in [5.41, 5.74) is -0.0481. The summed E-state index contributed by atoms with van der Waals surface area (Å²) in [5.74, 6) is 0.635. The summed E-state index contributed by atoms with van der Waals surface area (Å²) in [6.07, 6.45) is 2.94. The van der Waals surface area contributed by atoms with Crippen LogP contribution in [0.1, 0.15) is 11.6 Å². The van der Waals surface area contributed by atoms with Crippen LogP contribution in [0.25, 0.3) is 5.69 Å². The Morgan fingerprint density at radius 1 is 0.935 bits per heavy atom. The standard InChI is InChI=1S/C9H8N4O2.C6H4FNO2.C3H5N3/c1-7-10-6-12(11-7)8-4-2-3-5-9(8)13(14)15;7-5-3-1-2-4-6(5)8(9)10;1-3-4-2-5-6-3/h2-6H,1H3;1-4H;2H,1H3,(H,4,5,6).